The smallest absolute Gasteiger partial charge is 0.306 e. The van der Waals surface area contributed by atoms with Gasteiger partial charge in [-0.25, -0.2) is 0 Å². The number of guanidine groups is 1. The molecule has 2 heterocycles. The van der Waals surface area contributed by atoms with Crippen LogP contribution in [0, 0.1) is 0 Å². The predicted molar refractivity (Wildman–Crippen MR) is 110 cm³/mol. The highest BCUT2D eigenvalue weighted by atomic mass is 16.5. The van der Waals surface area contributed by atoms with E-state index in [2.05, 4.69) is 15.2 Å². The average molecular weight is 405 g/mol. The van der Waals surface area contributed by atoms with Crippen molar-refractivity contribution in [2.45, 2.75) is 51.6 Å². The molecule has 0 radical (unpaired) electrons. The first-order valence-corrected chi connectivity index (χ1v) is 10.7. The molecule has 160 valence electrons. The second kappa shape index (κ2) is 10.9. The summed E-state index contributed by atoms with van der Waals surface area (Å²) in [6, 6.07) is 3.42. The summed E-state index contributed by atoms with van der Waals surface area (Å²) in [5.74, 6) is 1.03. The van der Waals surface area contributed by atoms with Gasteiger partial charge in [-0.1, -0.05) is 0 Å². The van der Waals surface area contributed by atoms with Crippen LogP contribution in [0.2, 0.25) is 0 Å². The average Bonchev–Trinajstić information content (AvgIpc) is 3.44. The molecule has 1 aromatic rings. The first-order chi connectivity index (χ1) is 14.2. The molecule has 2 aliphatic rings. The lowest BCUT2D eigenvalue weighted by Gasteiger charge is -2.36. The summed E-state index contributed by atoms with van der Waals surface area (Å²) in [5, 5.41) is 3.31. The summed E-state index contributed by atoms with van der Waals surface area (Å²) in [6.45, 7) is 6.05. The van der Waals surface area contributed by atoms with Gasteiger partial charge in [0.15, 0.2) is 11.7 Å². The number of nitrogens with zero attached hydrogens (tertiary/aromatic N) is 3. The van der Waals surface area contributed by atoms with Crippen LogP contribution in [-0.2, 0) is 9.53 Å². The molecule has 1 amide bonds. The van der Waals surface area contributed by atoms with Gasteiger partial charge in [0.2, 0.25) is 0 Å². The summed E-state index contributed by atoms with van der Waals surface area (Å²) < 4.78 is 10.7. The third-order valence-corrected chi connectivity index (χ3v) is 5.33. The zero-order chi connectivity index (χ0) is 20.5. The maximum atomic E-state index is 12.4. The molecule has 8 heteroatoms. The van der Waals surface area contributed by atoms with Crippen LogP contribution in [0.5, 0.6) is 0 Å². The minimum atomic E-state index is -0.109. The Labute approximate surface area is 172 Å². The Hall–Kier alpha value is -2.51. The second-order valence-electron chi connectivity index (χ2n) is 7.49. The lowest BCUT2D eigenvalue weighted by atomic mass is 10.3. The van der Waals surface area contributed by atoms with Crippen LogP contribution in [0.3, 0.4) is 0 Å². The van der Waals surface area contributed by atoms with Crippen LogP contribution in [0.15, 0.2) is 27.8 Å². The van der Waals surface area contributed by atoms with Gasteiger partial charge in [0.25, 0.3) is 5.91 Å². The lowest BCUT2D eigenvalue weighted by molar-refractivity contribution is -0.148. The highest BCUT2D eigenvalue weighted by molar-refractivity contribution is 5.91. The number of rotatable bonds is 7. The van der Waals surface area contributed by atoms with Crippen LogP contribution < -0.4 is 5.32 Å². The van der Waals surface area contributed by atoms with Crippen LogP contribution in [0.25, 0.3) is 0 Å². The quantitative estimate of drug-likeness (QED) is 0.325. The number of carbonyl (C=O) groups is 2. The van der Waals surface area contributed by atoms with E-state index < -0.39 is 0 Å². The lowest BCUT2D eigenvalue weighted by Crippen LogP contribution is -2.53. The monoisotopic (exact) mass is 404 g/mol. The van der Waals surface area contributed by atoms with E-state index >= 15 is 0 Å². The van der Waals surface area contributed by atoms with Crippen molar-refractivity contribution >= 4 is 17.8 Å². The largest absolute Gasteiger partial charge is 0.462 e. The number of amides is 1. The Balaban J connectivity index is 1.41. The Bertz CT molecular complexity index is 675. The standard InChI is InChI=1S/C21H32N4O4/c1-2-22-21(23-11-5-10-19(26)29-17-7-3-4-8-17)25-14-12-24(13-15-25)20(27)18-9-6-16-28-18/h6,9,16-17H,2-5,7-8,10-15H2,1H3,(H,22,23). The molecule has 0 bridgehead atoms. The zero-order valence-corrected chi connectivity index (χ0v) is 17.3. The van der Waals surface area contributed by atoms with Crippen molar-refractivity contribution in [1.82, 2.24) is 15.1 Å². The van der Waals surface area contributed by atoms with E-state index in [4.69, 9.17) is 9.15 Å². The Kier molecular flexibility index (Phi) is 7.95. The van der Waals surface area contributed by atoms with Crippen LogP contribution >= 0.6 is 0 Å². The van der Waals surface area contributed by atoms with E-state index in [0.717, 1.165) is 38.2 Å². The number of aliphatic imine (C=N–C) groups is 1. The topological polar surface area (TPSA) is 87.4 Å². The summed E-state index contributed by atoms with van der Waals surface area (Å²) in [5.41, 5.74) is 0. The Morgan fingerprint density at radius 1 is 1.21 bits per heavy atom. The SMILES string of the molecule is CCNC(=NCCCC(=O)OC1CCCC1)N1CCN(C(=O)c2ccco2)CC1. The van der Waals surface area contributed by atoms with Crippen molar-refractivity contribution < 1.29 is 18.7 Å². The van der Waals surface area contributed by atoms with Gasteiger partial charge >= 0.3 is 5.97 Å². The van der Waals surface area contributed by atoms with Gasteiger partial charge < -0.3 is 24.3 Å². The van der Waals surface area contributed by atoms with Crippen molar-refractivity contribution in [2.24, 2.45) is 4.99 Å². The number of piperazine rings is 1. The fourth-order valence-corrected chi connectivity index (χ4v) is 3.76. The Morgan fingerprint density at radius 3 is 2.59 bits per heavy atom. The molecule has 0 unspecified atom stereocenters. The van der Waals surface area contributed by atoms with Crippen molar-refractivity contribution in [1.29, 1.82) is 0 Å². The first kappa shape index (κ1) is 21.2. The number of hydrogen-bond donors (Lipinski definition) is 1. The molecule has 1 saturated heterocycles. The van der Waals surface area contributed by atoms with Crippen LogP contribution in [-0.4, -0.2) is 73.0 Å². The van der Waals surface area contributed by atoms with Gasteiger partial charge in [-0.3, -0.25) is 14.6 Å². The normalized spacial score (nSPS) is 18.2. The van der Waals surface area contributed by atoms with E-state index in [0.29, 0.717) is 51.3 Å². The molecule has 1 aliphatic carbocycles. The molecule has 1 aliphatic heterocycles. The number of furan rings is 1. The number of hydrogen-bond acceptors (Lipinski definition) is 5. The molecule has 29 heavy (non-hydrogen) atoms. The summed E-state index contributed by atoms with van der Waals surface area (Å²) >= 11 is 0. The second-order valence-corrected chi connectivity index (χ2v) is 7.49. The number of nitrogens with one attached hydrogen (secondary N) is 1. The summed E-state index contributed by atoms with van der Waals surface area (Å²) in [6.07, 6.45) is 7.06. The van der Waals surface area contributed by atoms with Gasteiger partial charge in [0.1, 0.15) is 6.10 Å². The molecule has 0 spiro atoms. The number of esters is 1. The van der Waals surface area contributed by atoms with E-state index in [9.17, 15) is 9.59 Å². The van der Waals surface area contributed by atoms with Crippen molar-refractivity contribution in [3.63, 3.8) is 0 Å². The van der Waals surface area contributed by atoms with Crippen LogP contribution in [0.4, 0.5) is 0 Å². The number of carbonyl (C=O) groups excluding carboxylic acids is 2. The molecule has 0 aromatic carbocycles. The van der Waals surface area contributed by atoms with Gasteiger partial charge in [-0.15, -0.1) is 0 Å². The maximum Gasteiger partial charge on any atom is 0.306 e. The van der Waals surface area contributed by atoms with Gasteiger partial charge in [-0.05, 0) is 51.2 Å². The third kappa shape index (κ3) is 6.24. The summed E-state index contributed by atoms with van der Waals surface area (Å²) in [7, 11) is 0. The first-order valence-electron chi connectivity index (χ1n) is 10.7. The Morgan fingerprint density at radius 2 is 1.93 bits per heavy atom. The van der Waals surface area contributed by atoms with Crippen molar-refractivity contribution in [2.75, 3.05) is 39.3 Å². The molecule has 0 atom stereocenters. The van der Waals surface area contributed by atoms with E-state index in [-0.39, 0.29) is 18.0 Å². The molecule has 1 aromatic heterocycles. The van der Waals surface area contributed by atoms with Gasteiger partial charge in [-0.2, -0.15) is 0 Å². The summed E-state index contributed by atoms with van der Waals surface area (Å²) in [4.78, 5) is 32.9. The molecular weight excluding hydrogens is 372 g/mol. The zero-order valence-electron chi connectivity index (χ0n) is 17.3. The fourth-order valence-electron chi connectivity index (χ4n) is 3.76. The predicted octanol–water partition coefficient (Wildman–Crippen LogP) is 2.27. The third-order valence-electron chi connectivity index (χ3n) is 5.33. The van der Waals surface area contributed by atoms with Crippen molar-refractivity contribution in [3.8, 4) is 0 Å². The minimum Gasteiger partial charge on any atom is -0.462 e. The maximum absolute atomic E-state index is 12.4. The molecule has 2 fully saturated rings. The fraction of sp³-hybridized carbons (Fsp3) is 0.667. The number of ether oxygens (including phenoxy) is 1. The highest BCUT2D eigenvalue weighted by Gasteiger charge is 2.25. The van der Waals surface area contributed by atoms with E-state index in [1.807, 2.05) is 6.92 Å². The molecule has 3 rings (SSSR count). The van der Waals surface area contributed by atoms with Gasteiger partial charge in [0.05, 0.1) is 6.26 Å². The molecule has 1 saturated carbocycles. The molecule has 1 N–H and O–H groups in total. The van der Waals surface area contributed by atoms with Crippen LogP contribution in [0.1, 0.15) is 56.0 Å². The highest BCUT2D eigenvalue weighted by Crippen LogP contribution is 2.21. The van der Waals surface area contributed by atoms with E-state index in [1.54, 1.807) is 17.0 Å². The molecule has 8 nitrogen and oxygen atoms in total. The van der Waals surface area contributed by atoms with Gasteiger partial charge in [0, 0.05) is 45.7 Å². The van der Waals surface area contributed by atoms with E-state index in [1.165, 1.54) is 6.26 Å². The van der Waals surface area contributed by atoms with Crippen molar-refractivity contribution in [3.05, 3.63) is 24.2 Å². The minimum absolute atomic E-state index is 0.0719. The molecular formula is C21H32N4O4.